The molecule has 3 rings (SSSR count). The molecule has 2 N–H and O–H groups in total. The molecule has 1 atom stereocenters. The molecule has 6 nitrogen and oxygen atoms in total. The fourth-order valence-electron chi connectivity index (χ4n) is 2.89. The van der Waals surface area contributed by atoms with E-state index in [-0.39, 0.29) is 51.7 Å². The van der Waals surface area contributed by atoms with E-state index in [0.717, 1.165) is 12.8 Å². The summed E-state index contributed by atoms with van der Waals surface area (Å²) in [6.07, 6.45) is 3.02. The molecule has 0 aliphatic heterocycles. The van der Waals surface area contributed by atoms with Crippen molar-refractivity contribution in [3.8, 4) is 11.3 Å². The fourth-order valence-corrected chi connectivity index (χ4v) is 2.89. The van der Waals surface area contributed by atoms with Gasteiger partial charge in [0, 0.05) is 23.7 Å². The predicted octanol–water partition coefficient (Wildman–Crippen LogP) is 3.49. The van der Waals surface area contributed by atoms with Gasteiger partial charge in [-0.05, 0) is 55.9 Å². The van der Waals surface area contributed by atoms with Gasteiger partial charge in [0.1, 0.15) is 11.4 Å². The van der Waals surface area contributed by atoms with Crippen LogP contribution in [0.4, 0.5) is 4.39 Å². The number of rotatable bonds is 5. The molecule has 2 amide bonds. The van der Waals surface area contributed by atoms with Crippen molar-refractivity contribution < 1.29 is 18.7 Å². The first-order valence-electron chi connectivity index (χ1n) is 10.1. The lowest BCUT2D eigenvalue weighted by Gasteiger charge is -2.27. The maximum absolute atomic E-state index is 14.5. The van der Waals surface area contributed by atoms with Crippen LogP contribution >= 0.6 is 0 Å². The number of nitrogens with zero attached hydrogens (tertiary/aromatic N) is 1. The Kier molecular flexibility index (Phi) is 5.83. The van der Waals surface area contributed by atoms with Crippen LogP contribution in [0.15, 0.2) is 30.5 Å². The first-order valence-corrected chi connectivity index (χ1v) is 10.1. The van der Waals surface area contributed by atoms with Crippen molar-refractivity contribution in [2.45, 2.75) is 59.5 Å². The van der Waals surface area contributed by atoms with Crippen molar-refractivity contribution in [2.75, 3.05) is 0 Å². The summed E-state index contributed by atoms with van der Waals surface area (Å²) < 4.78 is 15.0. The number of halogens is 1. The summed E-state index contributed by atoms with van der Waals surface area (Å²) in [6, 6.07) is 5.75. The standard InChI is InChI=1S/C23H28FN3O3/c1-13-18(10-16(11-19(13)24)22(29)26-17-7-8-17)20-9-6-15(12-27(20)30)21(28)25-14(2)23(3,4)5/h6,9-12,14,17H,7-8H2,1-5H3,(H,25,28)(H,26,29). The third-order valence-electron chi connectivity index (χ3n) is 5.62. The number of aromatic nitrogens is 1. The minimum atomic E-state index is -0.561. The van der Waals surface area contributed by atoms with Gasteiger partial charge < -0.3 is 15.8 Å². The summed E-state index contributed by atoms with van der Waals surface area (Å²) in [5.74, 6) is -1.27. The van der Waals surface area contributed by atoms with Gasteiger partial charge in [-0.15, -0.1) is 0 Å². The smallest absolute Gasteiger partial charge is 0.257 e. The van der Waals surface area contributed by atoms with Crippen LogP contribution in [0.25, 0.3) is 11.3 Å². The van der Waals surface area contributed by atoms with Gasteiger partial charge in [-0.1, -0.05) is 20.8 Å². The molecule has 160 valence electrons. The Hall–Kier alpha value is -2.96. The second kappa shape index (κ2) is 8.05. The Morgan fingerprint density at radius 3 is 2.40 bits per heavy atom. The van der Waals surface area contributed by atoms with Gasteiger partial charge in [0.2, 0.25) is 5.69 Å². The minimum absolute atomic E-state index is 0.0946. The maximum Gasteiger partial charge on any atom is 0.257 e. The van der Waals surface area contributed by atoms with Gasteiger partial charge >= 0.3 is 0 Å². The number of pyridine rings is 1. The summed E-state index contributed by atoms with van der Waals surface area (Å²) >= 11 is 0. The van der Waals surface area contributed by atoms with Gasteiger partial charge in [0.05, 0.1) is 5.56 Å². The van der Waals surface area contributed by atoms with E-state index in [1.807, 2.05) is 27.7 Å². The zero-order valence-electron chi connectivity index (χ0n) is 18.0. The number of hydrogen-bond acceptors (Lipinski definition) is 3. The van der Waals surface area contributed by atoms with E-state index in [1.54, 1.807) is 6.92 Å². The van der Waals surface area contributed by atoms with E-state index in [4.69, 9.17) is 0 Å². The van der Waals surface area contributed by atoms with Crippen LogP contribution in [0.1, 0.15) is 66.8 Å². The van der Waals surface area contributed by atoms with Gasteiger partial charge in [-0.3, -0.25) is 9.59 Å². The highest BCUT2D eigenvalue weighted by atomic mass is 19.1. The average Bonchev–Trinajstić information content (AvgIpc) is 3.47. The number of carbonyl (C=O) groups excluding carboxylic acids is 2. The molecule has 1 aliphatic carbocycles. The Morgan fingerprint density at radius 1 is 1.17 bits per heavy atom. The molecule has 1 heterocycles. The number of benzene rings is 1. The highest BCUT2D eigenvalue weighted by Crippen LogP contribution is 2.26. The Bertz CT molecular complexity index is 994. The van der Waals surface area contributed by atoms with Crippen molar-refractivity contribution >= 4 is 11.8 Å². The second-order valence-electron chi connectivity index (χ2n) is 9.07. The van der Waals surface area contributed by atoms with Crippen molar-refractivity contribution in [2.24, 2.45) is 5.41 Å². The van der Waals surface area contributed by atoms with E-state index >= 15 is 0 Å². The van der Waals surface area contributed by atoms with Crippen LogP contribution in [0.5, 0.6) is 0 Å². The van der Waals surface area contributed by atoms with Gasteiger partial charge in [-0.25, -0.2) is 4.39 Å². The zero-order valence-corrected chi connectivity index (χ0v) is 18.0. The second-order valence-corrected chi connectivity index (χ2v) is 9.07. The molecule has 1 aliphatic rings. The maximum atomic E-state index is 14.5. The molecule has 0 saturated heterocycles. The third kappa shape index (κ3) is 4.78. The zero-order chi connectivity index (χ0) is 22.2. The predicted molar refractivity (Wildman–Crippen MR) is 112 cm³/mol. The normalized spacial score (nSPS) is 14.9. The molecular formula is C23H28FN3O3. The largest absolute Gasteiger partial charge is 0.618 e. The van der Waals surface area contributed by atoms with Crippen molar-refractivity contribution in [1.29, 1.82) is 0 Å². The molecule has 2 aromatic rings. The minimum Gasteiger partial charge on any atom is -0.618 e. The van der Waals surface area contributed by atoms with E-state index in [0.29, 0.717) is 10.3 Å². The van der Waals surface area contributed by atoms with Crippen LogP contribution in [0.3, 0.4) is 0 Å². The molecule has 1 aromatic heterocycles. The van der Waals surface area contributed by atoms with Crippen molar-refractivity contribution in [3.63, 3.8) is 0 Å². The summed E-state index contributed by atoms with van der Waals surface area (Å²) in [7, 11) is 0. The van der Waals surface area contributed by atoms with Crippen molar-refractivity contribution in [3.05, 3.63) is 58.2 Å². The highest BCUT2D eigenvalue weighted by molar-refractivity contribution is 5.96. The van der Waals surface area contributed by atoms with Gasteiger partial charge in [0.25, 0.3) is 11.8 Å². The molecule has 1 fully saturated rings. The van der Waals surface area contributed by atoms with E-state index in [1.165, 1.54) is 30.5 Å². The van der Waals surface area contributed by atoms with Crippen LogP contribution in [-0.4, -0.2) is 23.9 Å². The van der Waals surface area contributed by atoms with E-state index < -0.39 is 5.82 Å². The fraction of sp³-hybridized carbons (Fsp3) is 0.435. The van der Waals surface area contributed by atoms with Crippen LogP contribution < -0.4 is 15.4 Å². The molecule has 1 unspecified atom stereocenters. The highest BCUT2D eigenvalue weighted by Gasteiger charge is 2.26. The summed E-state index contributed by atoms with van der Waals surface area (Å²) in [4.78, 5) is 24.8. The average molecular weight is 413 g/mol. The number of carbonyl (C=O) groups is 2. The first kappa shape index (κ1) is 21.7. The topological polar surface area (TPSA) is 85.1 Å². The van der Waals surface area contributed by atoms with E-state index in [9.17, 15) is 19.2 Å². The lowest BCUT2D eigenvalue weighted by molar-refractivity contribution is -0.593. The van der Waals surface area contributed by atoms with Crippen molar-refractivity contribution in [1.82, 2.24) is 10.6 Å². The number of hydrogen-bond donors (Lipinski definition) is 2. The lowest BCUT2D eigenvalue weighted by Crippen LogP contribution is -2.42. The first-order chi connectivity index (χ1) is 14.0. The molecule has 30 heavy (non-hydrogen) atoms. The molecule has 0 bridgehead atoms. The van der Waals surface area contributed by atoms with Crippen LogP contribution in [0.2, 0.25) is 0 Å². The number of amides is 2. The number of nitrogens with one attached hydrogen (secondary N) is 2. The Morgan fingerprint density at radius 2 is 1.83 bits per heavy atom. The molecule has 1 saturated carbocycles. The van der Waals surface area contributed by atoms with E-state index in [2.05, 4.69) is 10.6 Å². The summed E-state index contributed by atoms with van der Waals surface area (Å²) in [5.41, 5.74) is 1.01. The van der Waals surface area contributed by atoms with Gasteiger partial charge in [-0.2, -0.15) is 4.73 Å². The molecule has 0 spiro atoms. The van der Waals surface area contributed by atoms with Crippen LogP contribution in [-0.2, 0) is 0 Å². The molecule has 1 aromatic carbocycles. The van der Waals surface area contributed by atoms with Crippen LogP contribution in [0, 0.1) is 23.4 Å². The van der Waals surface area contributed by atoms with Gasteiger partial charge in [0.15, 0.2) is 6.20 Å². The molecule has 7 heteroatoms. The molecular weight excluding hydrogens is 385 g/mol. The third-order valence-corrected chi connectivity index (χ3v) is 5.62. The lowest BCUT2D eigenvalue weighted by atomic mass is 9.88. The summed E-state index contributed by atoms with van der Waals surface area (Å²) in [6.45, 7) is 9.50. The Labute approximate surface area is 176 Å². The monoisotopic (exact) mass is 413 g/mol. The molecule has 0 radical (unpaired) electrons. The SMILES string of the molecule is Cc1c(F)cc(C(=O)NC2CC2)cc1-c1ccc(C(=O)NC(C)C(C)(C)C)c[n+]1[O-]. The summed E-state index contributed by atoms with van der Waals surface area (Å²) in [5, 5.41) is 18.4. The Balaban J connectivity index is 1.90. The quantitative estimate of drug-likeness (QED) is 0.581.